The van der Waals surface area contributed by atoms with Crippen molar-refractivity contribution < 1.29 is 33.3 Å². The molecule has 1 N–H and O–H groups in total. The van der Waals surface area contributed by atoms with Gasteiger partial charge in [0.2, 0.25) is 0 Å². The van der Waals surface area contributed by atoms with Crippen molar-refractivity contribution in [3.05, 3.63) is 66.2 Å². The maximum Gasteiger partial charge on any atom is 0.142 e. The zero-order valence-corrected chi connectivity index (χ0v) is 32.5. The predicted molar refractivity (Wildman–Crippen MR) is 212 cm³/mol. The summed E-state index contributed by atoms with van der Waals surface area (Å²) in [7, 11) is 5.08. The molecule has 2 fully saturated rings. The average Bonchev–Trinajstić information content (AvgIpc) is 3.21. The minimum atomic E-state index is 0.233. The number of ether oxygens (including phenoxy) is 4. The molecule has 0 aliphatic heterocycles. The molecule has 2 aliphatic carbocycles. The number of rotatable bonds is 19. The van der Waals surface area contributed by atoms with E-state index in [-0.39, 0.29) is 11.8 Å². The molecule has 0 heterocycles. The van der Waals surface area contributed by atoms with Gasteiger partial charge in [-0.1, -0.05) is 51.7 Å². The zero-order chi connectivity index (χ0) is 38.2. The van der Waals surface area contributed by atoms with E-state index in [0.29, 0.717) is 12.2 Å². The standard InChI is InChI=1S/C19H29NO.C14H22O3.C8H12O2.C3H4O/c1-3-4-5-6-15-7-9-16(10-8-15)17-11-12-19(21-2)18(13-17)14-20;1-15-11-5-3-4-6-12-17-14-9-7-13(16-2)8-10-14;9-5-7-1-2-8(6-10)4-3-7;1-2-3-4/h11-16,20H,3-10H2,1-2H3;7-10H,3-6,11-12H2,1-2H3;5-8H,1-4H2;2-3H,1H2. The van der Waals surface area contributed by atoms with E-state index >= 15 is 0 Å². The third-order valence-electron chi connectivity index (χ3n) is 9.81. The molecule has 8 nitrogen and oxygen atoms in total. The second-order valence-electron chi connectivity index (χ2n) is 13.6. The molecule has 2 aromatic carbocycles. The molecule has 0 bridgehead atoms. The Morgan fingerprint density at radius 2 is 1.29 bits per heavy atom. The van der Waals surface area contributed by atoms with E-state index in [9.17, 15) is 9.59 Å². The number of unbranched alkanes of at least 4 members (excludes halogenated alkanes) is 5. The maximum absolute atomic E-state index is 10.3. The van der Waals surface area contributed by atoms with Crippen molar-refractivity contribution >= 4 is 25.1 Å². The lowest BCUT2D eigenvalue weighted by atomic mass is 9.77. The molecule has 0 amide bonds. The third kappa shape index (κ3) is 20.3. The van der Waals surface area contributed by atoms with Crippen LogP contribution in [0.2, 0.25) is 0 Å². The van der Waals surface area contributed by atoms with Crippen LogP contribution in [-0.4, -0.2) is 59.6 Å². The number of hydrogen-bond acceptors (Lipinski definition) is 8. The van der Waals surface area contributed by atoms with E-state index in [0.717, 1.165) is 93.0 Å². The Morgan fingerprint density at radius 3 is 1.77 bits per heavy atom. The van der Waals surface area contributed by atoms with Crippen molar-refractivity contribution in [2.24, 2.45) is 17.8 Å². The lowest BCUT2D eigenvalue weighted by Crippen LogP contribution is -2.15. The lowest BCUT2D eigenvalue weighted by molar-refractivity contribution is -0.115. The number of methoxy groups -OCH3 is 3. The quantitative estimate of drug-likeness (QED) is 0.0665. The van der Waals surface area contributed by atoms with Crippen LogP contribution in [0.5, 0.6) is 17.2 Å². The highest BCUT2D eigenvalue weighted by molar-refractivity contribution is 5.81. The summed E-state index contributed by atoms with van der Waals surface area (Å²) in [6.45, 7) is 7.03. The number of hydrogen-bond donors (Lipinski definition) is 1. The van der Waals surface area contributed by atoms with Crippen molar-refractivity contribution in [2.75, 3.05) is 34.5 Å². The van der Waals surface area contributed by atoms with Crippen LogP contribution in [0.3, 0.4) is 0 Å². The van der Waals surface area contributed by atoms with Gasteiger partial charge in [-0.25, -0.2) is 0 Å². The van der Waals surface area contributed by atoms with Crippen LogP contribution in [0.25, 0.3) is 0 Å². The van der Waals surface area contributed by atoms with Gasteiger partial charge < -0.3 is 33.9 Å². The Bertz CT molecular complexity index is 1190. The molecular weight excluding hydrogens is 654 g/mol. The number of aldehydes is 3. The van der Waals surface area contributed by atoms with E-state index in [1.165, 1.54) is 82.1 Å². The molecule has 52 heavy (non-hydrogen) atoms. The normalized spacial score (nSPS) is 19.0. The summed E-state index contributed by atoms with van der Waals surface area (Å²) >= 11 is 0. The van der Waals surface area contributed by atoms with Crippen molar-refractivity contribution in [1.82, 2.24) is 0 Å². The maximum atomic E-state index is 10.3. The van der Waals surface area contributed by atoms with Gasteiger partial charge in [0.05, 0.1) is 20.8 Å². The lowest BCUT2D eigenvalue weighted by Gasteiger charge is -2.29. The van der Waals surface area contributed by atoms with E-state index in [1.54, 1.807) is 21.3 Å². The van der Waals surface area contributed by atoms with E-state index in [2.05, 4.69) is 25.6 Å². The largest absolute Gasteiger partial charge is 0.497 e. The molecule has 0 saturated heterocycles. The van der Waals surface area contributed by atoms with Crippen LogP contribution in [0.1, 0.15) is 127 Å². The van der Waals surface area contributed by atoms with E-state index in [4.69, 9.17) is 29.2 Å². The van der Waals surface area contributed by atoms with Crippen LogP contribution in [-0.2, 0) is 19.1 Å². The van der Waals surface area contributed by atoms with E-state index < -0.39 is 0 Å². The molecule has 0 atom stereocenters. The first-order chi connectivity index (χ1) is 25.4. The molecule has 0 spiro atoms. The Morgan fingerprint density at radius 1 is 0.712 bits per heavy atom. The van der Waals surface area contributed by atoms with Gasteiger partial charge in [0.15, 0.2) is 0 Å². The summed E-state index contributed by atoms with van der Waals surface area (Å²) in [6.07, 6.45) is 24.5. The molecular formula is C44H67NO7. The highest BCUT2D eigenvalue weighted by Crippen LogP contribution is 2.38. The third-order valence-corrected chi connectivity index (χ3v) is 9.81. The SMILES string of the molecule is C=CC=O.CCCCCC1CCC(c2ccc(OC)c(C=N)c2)CC1.COCCCCCCOc1ccc(OC)cc1.O=CC1CCC(C=O)CC1. The summed E-state index contributed by atoms with van der Waals surface area (Å²) in [5.74, 6) is 4.67. The topological polar surface area (TPSA) is 112 Å². The summed E-state index contributed by atoms with van der Waals surface area (Å²) in [5.41, 5.74) is 2.29. The molecule has 290 valence electrons. The van der Waals surface area contributed by atoms with Crippen LogP contribution >= 0.6 is 0 Å². The Labute approximate surface area is 314 Å². The van der Waals surface area contributed by atoms with Crippen LogP contribution in [0, 0.1) is 23.2 Å². The van der Waals surface area contributed by atoms with Crippen LogP contribution in [0.4, 0.5) is 0 Å². The van der Waals surface area contributed by atoms with Gasteiger partial charge in [0.1, 0.15) is 36.1 Å². The smallest absolute Gasteiger partial charge is 0.142 e. The minimum Gasteiger partial charge on any atom is -0.497 e. The molecule has 4 rings (SSSR count). The fraction of sp³-hybridized carbons (Fsp3) is 0.591. The summed E-state index contributed by atoms with van der Waals surface area (Å²) in [4.78, 5) is 29.6. The molecule has 2 aliphatic rings. The van der Waals surface area contributed by atoms with Crippen molar-refractivity contribution in [3.8, 4) is 17.2 Å². The minimum absolute atomic E-state index is 0.233. The highest BCUT2D eigenvalue weighted by atomic mass is 16.5. The summed E-state index contributed by atoms with van der Waals surface area (Å²) < 4.78 is 21.0. The first kappa shape index (κ1) is 46.2. The molecule has 2 saturated carbocycles. The Hall–Kier alpha value is -3.78. The van der Waals surface area contributed by atoms with Crippen molar-refractivity contribution in [3.63, 3.8) is 0 Å². The number of benzene rings is 2. The summed E-state index contributed by atoms with van der Waals surface area (Å²) in [6, 6.07) is 14.0. The van der Waals surface area contributed by atoms with Gasteiger partial charge in [-0.2, -0.15) is 0 Å². The Kier molecular flexibility index (Phi) is 27.4. The number of carbonyl (C=O) groups is 3. The molecule has 2 aromatic rings. The second kappa shape index (κ2) is 30.8. The molecule has 8 heteroatoms. The number of nitrogens with one attached hydrogen (secondary N) is 1. The summed E-state index contributed by atoms with van der Waals surface area (Å²) in [5, 5.41) is 7.52. The fourth-order valence-corrected chi connectivity index (χ4v) is 6.57. The van der Waals surface area contributed by atoms with Gasteiger partial charge in [-0.05, 0) is 131 Å². The van der Waals surface area contributed by atoms with Gasteiger partial charge >= 0.3 is 0 Å². The van der Waals surface area contributed by atoms with Gasteiger partial charge in [0.25, 0.3) is 0 Å². The fourth-order valence-electron chi connectivity index (χ4n) is 6.57. The van der Waals surface area contributed by atoms with Crippen LogP contribution in [0.15, 0.2) is 55.1 Å². The predicted octanol–water partition coefficient (Wildman–Crippen LogP) is 10.4. The molecule has 0 radical (unpaired) electrons. The first-order valence-electron chi connectivity index (χ1n) is 19.3. The van der Waals surface area contributed by atoms with Gasteiger partial charge in [-0.15, -0.1) is 0 Å². The number of allylic oxidation sites excluding steroid dienone is 1. The zero-order valence-electron chi connectivity index (χ0n) is 32.5. The van der Waals surface area contributed by atoms with E-state index in [1.807, 2.05) is 30.3 Å². The van der Waals surface area contributed by atoms with Crippen molar-refractivity contribution in [1.29, 1.82) is 5.41 Å². The number of carbonyl (C=O) groups excluding carboxylic acids is 3. The van der Waals surface area contributed by atoms with Gasteiger partial charge in [-0.3, -0.25) is 4.79 Å². The van der Waals surface area contributed by atoms with Gasteiger partial charge in [0, 0.05) is 37.3 Å². The molecule has 0 aromatic heterocycles. The van der Waals surface area contributed by atoms with Crippen LogP contribution < -0.4 is 14.2 Å². The second-order valence-corrected chi connectivity index (χ2v) is 13.6. The molecule has 0 unspecified atom stereocenters. The monoisotopic (exact) mass is 721 g/mol. The average molecular weight is 722 g/mol. The van der Waals surface area contributed by atoms with Crippen molar-refractivity contribution in [2.45, 2.75) is 116 Å². The Balaban J connectivity index is 0.000000389. The highest BCUT2D eigenvalue weighted by Gasteiger charge is 2.23. The first-order valence-corrected chi connectivity index (χ1v) is 19.3.